The number of halogens is 1. The molecule has 0 atom stereocenters. The van der Waals surface area contributed by atoms with Crippen LogP contribution in [0.4, 0.5) is 0 Å². The summed E-state index contributed by atoms with van der Waals surface area (Å²) in [5.74, 6) is 4.71. The minimum Gasteiger partial charge on any atom is -0.287 e. The molecule has 0 heterocycles. The lowest BCUT2D eigenvalue weighted by Crippen LogP contribution is -2.38. The van der Waals surface area contributed by atoms with Crippen LogP contribution in [-0.2, 0) is 4.79 Å². The number of hydrogen-bond acceptors (Lipinski definition) is 1. The molecule has 0 saturated heterocycles. The first-order valence-corrected chi connectivity index (χ1v) is 6.59. The van der Waals surface area contributed by atoms with Gasteiger partial charge in [-0.05, 0) is 78.1 Å². The van der Waals surface area contributed by atoms with Gasteiger partial charge in [-0.25, -0.2) is 0 Å². The van der Waals surface area contributed by atoms with Gasteiger partial charge in [0.05, 0.1) is 0 Å². The van der Waals surface area contributed by atoms with Gasteiger partial charge in [0.2, 0.25) is 0 Å². The van der Waals surface area contributed by atoms with E-state index < -0.39 is 0 Å². The molecule has 0 aromatic carbocycles. The van der Waals surface area contributed by atoms with Gasteiger partial charge in [-0.15, -0.1) is 0 Å². The van der Waals surface area contributed by atoms with Gasteiger partial charge in [0, 0.05) is 6.92 Å². The zero-order valence-corrected chi connectivity index (χ0v) is 10.4. The second-order valence-electron chi connectivity index (χ2n) is 5.35. The summed E-state index contributed by atoms with van der Waals surface area (Å²) in [5, 5.41) is 0. The van der Waals surface area contributed by atoms with E-state index in [1.54, 1.807) is 38.5 Å². The van der Waals surface area contributed by atoms with Gasteiger partial charge < -0.3 is 0 Å². The lowest BCUT2D eigenvalue weighted by Gasteiger charge is -2.49. The smallest absolute Gasteiger partial charge is 0.194 e. The van der Waals surface area contributed by atoms with E-state index in [1.807, 2.05) is 0 Å². The second kappa shape index (κ2) is 4.34. The maximum absolute atomic E-state index is 9.36. The summed E-state index contributed by atoms with van der Waals surface area (Å²) in [5.41, 5.74) is 0. The fourth-order valence-electron chi connectivity index (χ4n) is 3.98. The third-order valence-corrected chi connectivity index (χ3v) is 4.00. The molecular formula is C12H19BrO. The van der Waals surface area contributed by atoms with Crippen molar-refractivity contribution in [2.45, 2.75) is 45.4 Å². The van der Waals surface area contributed by atoms with Gasteiger partial charge in [-0.1, -0.05) is 0 Å². The predicted molar refractivity (Wildman–Crippen MR) is 61.3 cm³/mol. The van der Waals surface area contributed by atoms with Crippen LogP contribution in [0.2, 0.25) is 0 Å². The molecule has 4 aliphatic carbocycles. The number of carbonyl (C=O) groups is 1. The van der Waals surface area contributed by atoms with Crippen LogP contribution in [-0.4, -0.2) is 4.69 Å². The summed E-state index contributed by atoms with van der Waals surface area (Å²) in [6.45, 7) is 1.44. The van der Waals surface area contributed by atoms with E-state index in [-0.39, 0.29) is 4.69 Å². The van der Waals surface area contributed by atoms with E-state index in [4.69, 9.17) is 0 Å². The van der Waals surface area contributed by atoms with Crippen molar-refractivity contribution >= 4 is 20.6 Å². The molecule has 0 N–H and O–H groups in total. The molecule has 0 unspecified atom stereocenters. The Balaban J connectivity index is 0.000000165. The molecule has 0 aliphatic heterocycles. The highest BCUT2D eigenvalue weighted by Crippen LogP contribution is 2.53. The number of rotatable bonds is 0. The van der Waals surface area contributed by atoms with Crippen molar-refractivity contribution < 1.29 is 4.79 Å². The molecule has 0 spiro atoms. The molecule has 4 bridgehead atoms. The van der Waals surface area contributed by atoms with E-state index in [9.17, 15) is 4.79 Å². The fraction of sp³-hybridized carbons (Fsp3) is 0.917. The zero-order chi connectivity index (χ0) is 10.1. The van der Waals surface area contributed by atoms with E-state index in [1.165, 1.54) is 30.6 Å². The van der Waals surface area contributed by atoms with Crippen molar-refractivity contribution in [3.63, 3.8) is 0 Å². The van der Waals surface area contributed by atoms with Crippen molar-refractivity contribution in [2.75, 3.05) is 0 Å². The summed E-state index contributed by atoms with van der Waals surface area (Å²) < 4.78 is -0.0208. The molecule has 2 heteroatoms. The Morgan fingerprint density at radius 1 is 0.857 bits per heavy atom. The van der Waals surface area contributed by atoms with Gasteiger partial charge in [0.15, 0.2) is 4.69 Å². The van der Waals surface area contributed by atoms with Crippen molar-refractivity contribution in [1.82, 2.24) is 0 Å². The molecule has 4 aliphatic rings. The monoisotopic (exact) mass is 258 g/mol. The van der Waals surface area contributed by atoms with Crippen LogP contribution >= 0.6 is 15.9 Å². The Labute approximate surface area is 94.8 Å². The van der Waals surface area contributed by atoms with Crippen LogP contribution in [0.15, 0.2) is 0 Å². The third-order valence-electron chi connectivity index (χ3n) is 4.00. The second-order valence-corrected chi connectivity index (χ2v) is 6.47. The molecule has 4 fully saturated rings. The van der Waals surface area contributed by atoms with E-state index in [2.05, 4.69) is 15.9 Å². The highest BCUT2D eigenvalue weighted by Gasteiger charge is 2.41. The maximum atomic E-state index is 9.36. The first-order valence-electron chi connectivity index (χ1n) is 5.79. The molecule has 4 rings (SSSR count). The Morgan fingerprint density at radius 3 is 1.14 bits per heavy atom. The lowest BCUT2D eigenvalue weighted by atomic mass is 9.56. The first kappa shape index (κ1) is 10.7. The zero-order valence-electron chi connectivity index (χ0n) is 8.84. The molecule has 0 aromatic heterocycles. The summed E-state index contributed by atoms with van der Waals surface area (Å²) >= 11 is 2.63. The van der Waals surface area contributed by atoms with Gasteiger partial charge in [0.25, 0.3) is 0 Å². The highest BCUT2D eigenvalue weighted by molar-refractivity contribution is 9.18. The van der Waals surface area contributed by atoms with Crippen molar-refractivity contribution in [3.8, 4) is 0 Å². The molecule has 14 heavy (non-hydrogen) atoms. The SMILES string of the molecule is C1C2CC3CC1CC(C2)C3.CC(=O)Br. The van der Waals surface area contributed by atoms with Crippen LogP contribution < -0.4 is 0 Å². The Hall–Kier alpha value is 0.150. The van der Waals surface area contributed by atoms with Crippen LogP contribution in [0.3, 0.4) is 0 Å². The largest absolute Gasteiger partial charge is 0.287 e. The normalized spacial score (nSPS) is 43.0. The van der Waals surface area contributed by atoms with Gasteiger partial charge in [0.1, 0.15) is 0 Å². The summed E-state index contributed by atoms with van der Waals surface area (Å²) in [6, 6.07) is 0. The van der Waals surface area contributed by atoms with Gasteiger partial charge in [-0.3, -0.25) is 4.79 Å². The molecular weight excluding hydrogens is 240 g/mol. The van der Waals surface area contributed by atoms with Crippen LogP contribution in [0.25, 0.3) is 0 Å². The topological polar surface area (TPSA) is 17.1 Å². The molecule has 1 nitrogen and oxygen atoms in total. The number of hydrogen-bond donors (Lipinski definition) is 0. The number of carbonyl (C=O) groups excluding carboxylic acids is 1. The molecule has 0 amide bonds. The molecule has 4 saturated carbocycles. The molecule has 0 radical (unpaired) electrons. The van der Waals surface area contributed by atoms with Gasteiger partial charge >= 0.3 is 0 Å². The van der Waals surface area contributed by atoms with E-state index in [0.29, 0.717) is 0 Å². The van der Waals surface area contributed by atoms with Crippen LogP contribution in [0, 0.1) is 23.7 Å². The van der Waals surface area contributed by atoms with Crippen molar-refractivity contribution in [1.29, 1.82) is 0 Å². The Morgan fingerprint density at radius 2 is 1.00 bits per heavy atom. The van der Waals surface area contributed by atoms with Crippen molar-refractivity contribution in [3.05, 3.63) is 0 Å². The minimum absolute atomic E-state index is 0.0208. The summed E-state index contributed by atoms with van der Waals surface area (Å²) in [7, 11) is 0. The minimum atomic E-state index is -0.0208. The quantitative estimate of drug-likeness (QED) is 0.605. The highest BCUT2D eigenvalue weighted by atomic mass is 79.9. The standard InChI is InChI=1S/C10H16.C2H3BrO/c1-7-2-9-4-8(1)5-10(3-7)6-9;1-2(3)4/h7-10H,1-6H2;1H3. The third kappa shape index (κ3) is 2.59. The Kier molecular flexibility index (Phi) is 3.30. The molecule has 0 aromatic rings. The molecule has 80 valence electrons. The average Bonchev–Trinajstić information content (AvgIpc) is 1.98. The van der Waals surface area contributed by atoms with Crippen LogP contribution in [0.1, 0.15) is 45.4 Å². The van der Waals surface area contributed by atoms with E-state index in [0.717, 1.165) is 0 Å². The predicted octanol–water partition coefficient (Wildman–Crippen LogP) is 3.76. The fourth-order valence-corrected chi connectivity index (χ4v) is 3.98. The average molecular weight is 259 g/mol. The lowest BCUT2D eigenvalue weighted by molar-refractivity contribution is -0.108. The summed E-state index contributed by atoms with van der Waals surface area (Å²) in [6.07, 6.45) is 9.62. The van der Waals surface area contributed by atoms with Crippen LogP contribution in [0.5, 0.6) is 0 Å². The van der Waals surface area contributed by atoms with Gasteiger partial charge in [-0.2, -0.15) is 0 Å². The Bertz CT molecular complexity index is 164. The summed E-state index contributed by atoms with van der Waals surface area (Å²) in [4.78, 5) is 9.36. The first-order chi connectivity index (χ1) is 6.63. The van der Waals surface area contributed by atoms with E-state index >= 15 is 0 Å². The maximum Gasteiger partial charge on any atom is 0.194 e. The van der Waals surface area contributed by atoms with Crippen molar-refractivity contribution in [2.24, 2.45) is 23.7 Å².